The molecule has 0 amide bonds. The summed E-state index contributed by atoms with van der Waals surface area (Å²) < 4.78 is 2.07. The van der Waals surface area contributed by atoms with Gasteiger partial charge in [0.05, 0.1) is 10.7 Å². The number of carbonyl (C=O) groups is 1. The molecule has 0 unspecified atom stereocenters. The highest BCUT2D eigenvalue weighted by atomic mass is 35.5. The molecule has 1 aliphatic rings. The fourth-order valence-electron chi connectivity index (χ4n) is 2.73. The molecule has 2 nitrogen and oxygen atoms in total. The number of fused-ring (bicyclic) bond motifs is 1. The molecular formula is C15H13Cl2NO. The second-order valence-electron chi connectivity index (χ2n) is 4.85. The van der Waals surface area contributed by atoms with Gasteiger partial charge < -0.3 is 4.57 Å². The SMILES string of the molecule is Cc1cc2c(n1-c1ccc(Cl)cc1Cl)CCCC2=O. The first kappa shape index (κ1) is 12.8. The van der Waals surface area contributed by atoms with Gasteiger partial charge in [0.1, 0.15) is 0 Å². The Kier molecular flexibility index (Phi) is 3.15. The molecule has 19 heavy (non-hydrogen) atoms. The molecule has 1 aromatic carbocycles. The van der Waals surface area contributed by atoms with Gasteiger partial charge >= 0.3 is 0 Å². The first-order valence-electron chi connectivity index (χ1n) is 6.28. The van der Waals surface area contributed by atoms with Crippen LogP contribution in [0.1, 0.15) is 34.6 Å². The molecule has 98 valence electrons. The fourth-order valence-corrected chi connectivity index (χ4v) is 3.22. The summed E-state index contributed by atoms with van der Waals surface area (Å²) in [5.41, 5.74) is 3.83. The van der Waals surface area contributed by atoms with Crippen LogP contribution in [0.3, 0.4) is 0 Å². The monoisotopic (exact) mass is 293 g/mol. The zero-order valence-corrected chi connectivity index (χ0v) is 12.1. The maximum absolute atomic E-state index is 12.0. The molecule has 0 aliphatic heterocycles. The van der Waals surface area contributed by atoms with Crippen LogP contribution in [-0.4, -0.2) is 10.4 Å². The molecule has 0 saturated carbocycles. The number of halogens is 2. The zero-order chi connectivity index (χ0) is 13.6. The summed E-state index contributed by atoms with van der Waals surface area (Å²) >= 11 is 12.2. The van der Waals surface area contributed by atoms with Crippen LogP contribution in [0.4, 0.5) is 0 Å². The van der Waals surface area contributed by atoms with Gasteiger partial charge in [-0.3, -0.25) is 4.79 Å². The number of hydrogen-bond donors (Lipinski definition) is 0. The molecule has 2 aromatic rings. The summed E-state index contributed by atoms with van der Waals surface area (Å²) in [6.07, 6.45) is 2.46. The van der Waals surface area contributed by atoms with E-state index in [1.54, 1.807) is 6.07 Å². The Balaban J connectivity index is 2.23. The molecule has 0 atom stereocenters. The molecule has 0 spiro atoms. The third kappa shape index (κ3) is 2.09. The summed E-state index contributed by atoms with van der Waals surface area (Å²) in [5.74, 6) is 0.230. The van der Waals surface area contributed by atoms with Gasteiger partial charge in [-0.2, -0.15) is 0 Å². The van der Waals surface area contributed by atoms with Gasteiger partial charge in [-0.1, -0.05) is 23.2 Å². The minimum atomic E-state index is 0.230. The topological polar surface area (TPSA) is 22.0 Å². The van der Waals surface area contributed by atoms with Gasteiger partial charge in [-0.05, 0) is 44.0 Å². The van der Waals surface area contributed by atoms with Crippen LogP contribution in [0.15, 0.2) is 24.3 Å². The Bertz CT molecular complexity index is 673. The minimum absolute atomic E-state index is 0.230. The lowest BCUT2D eigenvalue weighted by Crippen LogP contribution is -2.12. The van der Waals surface area contributed by atoms with Gasteiger partial charge in [0, 0.05) is 28.4 Å². The number of rotatable bonds is 1. The van der Waals surface area contributed by atoms with Crippen LogP contribution in [0.2, 0.25) is 10.0 Å². The number of carbonyl (C=O) groups excluding carboxylic acids is 1. The largest absolute Gasteiger partial charge is 0.316 e. The second-order valence-corrected chi connectivity index (χ2v) is 5.70. The Labute approximate surface area is 121 Å². The highest BCUT2D eigenvalue weighted by Gasteiger charge is 2.23. The van der Waals surface area contributed by atoms with E-state index in [-0.39, 0.29) is 5.78 Å². The molecule has 4 heteroatoms. The Morgan fingerprint density at radius 1 is 1.16 bits per heavy atom. The van der Waals surface area contributed by atoms with Crippen molar-refractivity contribution in [1.82, 2.24) is 4.57 Å². The highest BCUT2D eigenvalue weighted by Crippen LogP contribution is 2.32. The number of nitrogens with zero attached hydrogens (tertiary/aromatic N) is 1. The van der Waals surface area contributed by atoms with E-state index in [0.717, 1.165) is 35.5 Å². The maximum Gasteiger partial charge on any atom is 0.164 e. The van der Waals surface area contributed by atoms with E-state index in [4.69, 9.17) is 23.2 Å². The average Bonchev–Trinajstić information content (AvgIpc) is 2.68. The number of Topliss-reactive ketones (excluding diaryl/α,β-unsaturated/α-hetero) is 1. The van der Waals surface area contributed by atoms with Crippen LogP contribution in [0.5, 0.6) is 0 Å². The van der Waals surface area contributed by atoms with Crippen molar-refractivity contribution in [2.45, 2.75) is 26.2 Å². The highest BCUT2D eigenvalue weighted by molar-refractivity contribution is 6.35. The van der Waals surface area contributed by atoms with Gasteiger partial charge in [0.25, 0.3) is 0 Å². The molecule has 0 saturated heterocycles. The predicted octanol–water partition coefficient (Wildman–Crippen LogP) is 4.61. The van der Waals surface area contributed by atoms with Crippen LogP contribution in [0.25, 0.3) is 5.69 Å². The molecule has 1 aromatic heterocycles. The lowest BCUT2D eigenvalue weighted by molar-refractivity contribution is 0.0972. The zero-order valence-electron chi connectivity index (χ0n) is 10.5. The van der Waals surface area contributed by atoms with E-state index in [0.29, 0.717) is 16.5 Å². The second kappa shape index (κ2) is 4.69. The van der Waals surface area contributed by atoms with Crippen LogP contribution in [-0.2, 0) is 6.42 Å². The summed E-state index contributed by atoms with van der Waals surface area (Å²) in [6.45, 7) is 2.00. The maximum atomic E-state index is 12.0. The van der Waals surface area contributed by atoms with E-state index >= 15 is 0 Å². The summed E-state index contributed by atoms with van der Waals surface area (Å²) in [5, 5.41) is 1.22. The van der Waals surface area contributed by atoms with E-state index in [9.17, 15) is 4.79 Å². The fraction of sp³-hybridized carbons (Fsp3) is 0.267. The molecule has 0 N–H and O–H groups in total. The average molecular weight is 294 g/mol. The normalized spacial score (nSPS) is 14.6. The van der Waals surface area contributed by atoms with Crippen molar-refractivity contribution in [2.24, 2.45) is 0 Å². The minimum Gasteiger partial charge on any atom is -0.316 e. The predicted molar refractivity (Wildman–Crippen MR) is 77.8 cm³/mol. The van der Waals surface area contributed by atoms with Crippen molar-refractivity contribution < 1.29 is 4.79 Å². The Hall–Kier alpha value is -1.25. The van der Waals surface area contributed by atoms with Crippen molar-refractivity contribution in [2.75, 3.05) is 0 Å². The number of aryl methyl sites for hydroxylation is 1. The third-order valence-corrected chi connectivity index (χ3v) is 4.09. The van der Waals surface area contributed by atoms with Crippen LogP contribution >= 0.6 is 23.2 Å². The Morgan fingerprint density at radius 2 is 1.95 bits per heavy atom. The molecule has 0 bridgehead atoms. The van der Waals surface area contributed by atoms with Crippen LogP contribution < -0.4 is 0 Å². The van der Waals surface area contributed by atoms with Crippen molar-refractivity contribution in [3.8, 4) is 5.69 Å². The lowest BCUT2D eigenvalue weighted by Gasteiger charge is -2.17. The molecule has 0 radical (unpaired) electrons. The van der Waals surface area contributed by atoms with Crippen molar-refractivity contribution in [3.63, 3.8) is 0 Å². The summed E-state index contributed by atoms with van der Waals surface area (Å²) in [7, 11) is 0. The number of hydrogen-bond acceptors (Lipinski definition) is 1. The number of ketones is 1. The molecule has 1 heterocycles. The number of aromatic nitrogens is 1. The molecular weight excluding hydrogens is 281 g/mol. The van der Waals surface area contributed by atoms with Gasteiger partial charge in [0.15, 0.2) is 5.78 Å². The van der Waals surface area contributed by atoms with Gasteiger partial charge in [-0.25, -0.2) is 0 Å². The quantitative estimate of drug-likeness (QED) is 0.752. The third-order valence-electron chi connectivity index (χ3n) is 3.56. The Morgan fingerprint density at radius 3 is 2.68 bits per heavy atom. The molecule has 0 fully saturated rings. The first-order chi connectivity index (χ1) is 9.08. The van der Waals surface area contributed by atoms with E-state index in [1.165, 1.54) is 0 Å². The standard InChI is InChI=1S/C15H13Cl2NO/c1-9-7-11-13(3-2-4-15(11)19)18(9)14-6-5-10(16)8-12(14)17/h5-8H,2-4H2,1H3. The van der Waals surface area contributed by atoms with Crippen LogP contribution in [0, 0.1) is 6.92 Å². The summed E-state index contributed by atoms with van der Waals surface area (Å²) in [6, 6.07) is 7.41. The van der Waals surface area contributed by atoms with Crippen molar-refractivity contribution in [3.05, 3.63) is 51.3 Å². The lowest BCUT2D eigenvalue weighted by atomic mass is 9.96. The van der Waals surface area contributed by atoms with E-state index < -0.39 is 0 Å². The van der Waals surface area contributed by atoms with Gasteiger partial charge in [0.2, 0.25) is 0 Å². The van der Waals surface area contributed by atoms with E-state index in [2.05, 4.69) is 4.57 Å². The van der Waals surface area contributed by atoms with Crippen molar-refractivity contribution >= 4 is 29.0 Å². The molecule has 1 aliphatic carbocycles. The summed E-state index contributed by atoms with van der Waals surface area (Å²) in [4.78, 5) is 12.0. The van der Waals surface area contributed by atoms with Crippen molar-refractivity contribution in [1.29, 1.82) is 0 Å². The number of benzene rings is 1. The first-order valence-corrected chi connectivity index (χ1v) is 7.03. The smallest absolute Gasteiger partial charge is 0.164 e. The van der Waals surface area contributed by atoms with Gasteiger partial charge in [-0.15, -0.1) is 0 Å². The van der Waals surface area contributed by atoms with E-state index in [1.807, 2.05) is 25.1 Å². The molecule has 3 rings (SSSR count).